The molecule has 1 N–H and O–H groups in total. The first-order valence-corrected chi connectivity index (χ1v) is 13.7. The van der Waals surface area contributed by atoms with Crippen LogP contribution < -0.4 is 16.6 Å². The summed E-state index contributed by atoms with van der Waals surface area (Å²) in [5, 5.41) is 5.85. The molecular formula is C27H31N3O3S2. The predicted molar refractivity (Wildman–Crippen MR) is 147 cm³/mol. The zero-order chi connectivity index (χ0) is 25.1. The molecule has 0 fully saturated rings. The Bertz CT molecular complexity index is 1490. The number of benzene rings is 2. The largest absolute Gasteiger partial charge is 0.356 e. The lowest BCUT2D eigenvalue weighted by atomic mass is 10.0. The van der Waals surface area contributed by atoms with Gasteiger partial charge in [0, 0.05) is 43.3 Å². The number of thioether (sulfide) groups is 1. The number of nitrogens with zero attached hydrogens (tertiary/aromatic N) is 2. The fourth-order valence-corrected chi connectivity index (χ4v) is 6.91. The molecule has 6 nitrogen and oxygen atoms in total. The van der Waals surface area contributed by atoms with Crippen molar-refractivity contribution in [2.45, 2.75) is 45.1 Å². The summed E-state index contributed by atoms with van der Waals surface area (Å²) in [6.07, 6.45) is 1.48. The number of carbonyl (C=O) groups excluding carboxylic acids is 1. The van der Waals surface area contributed by atoms with Gasteiger partial charge >= 0.3 is 5.69 Å². The molecule has 0 spiro atoms. The van der Waals surface area contributed by atoms with Crippen molar-refractivity contribution in [2.24, 2.45) is 13.0 Å². The van der Waals surface area contributed by atoms with Gasteiger partial charge in [0.15, 0.2) is 0 Å². The summed E-state index contributed by atoms with van der Waals surface area (Å²) < 4.78 is 3.00. The van der Waals surface area contributed by atoms with Gasteiger partial charge < -0.3 is 5.32 Å². The van der Waals surface area contributed by atoms with Crippen LogP contribution in [0.4, 0.5) is 0 Å². The van der Waals surface area contributed by atoms with Gasteiger partial charge in [-0.15, -0.1) is 23.1 Å². The van der Waals surface area contributed by atoms with Gasteiger partial charge in [0.05, 0.1) is 5.39 Å². The van der Waals surface area contributed by atoms with Crippen LogP contribution in [0, 0.1) is 5.92 Å². The quantitative estimate of drug-likeness (QED) is 0.260. The maximum atomic E-state index is 13.4. The fraction of sp³-hybridized carbons (Fsp3) is 0.370. The van der Waals surface area contributed by atoms with Crippen LogP contribution >= 0.6 is 23.1 Å². The molecule has 0 unspecified atom stereocenters. The van der Waals surface area contributed by atoms with Crippen LogP contribution in [0.25, 0.3) is 21.0 Å². The summed E-state index contributed by atoms with van der Waals surface area (Å²) in [6.45, 7) is 6.82. The highest BCUT2D eigenvalue weighted by molar-refractivity contribution is 7.99. The number of fused-ring (bicyclic) bond motifs is 2. The van der Waals surface area contributed by atoms with Gasteiger partial charge in [-0.05, 0) is 34.4 Å². The monoisotopic (exact) mass is 509 g/mol. The van der Waals surface area contributed by atoms with Crippen LogP contribution in [0.5, 0.6) is 0 Å². The van der Waals surface area contributed by atoms with E-state index in [0.717, 1.165) is 26.8 Å². The second kappa shape index (κ2) is 10.8. The third-order valence-corrected chi connectivity index (χ3v) is 8.49. The summed E-state index contributed by atoms with van der Waals surface area (Å²) >= 11 is 3.21. The Morgan fingerprint density at radius 2 is 1.86 bits per heavy atom. The normalized spacial score (nSPS) is 11.6. The number of hydrogen-bond donors (Lipinski definition) is 1. The Kier molecular flexibility index (Phi) is 7.82. The zero-order valence-electron chi connectivity index (χ0n) is 20.6. The van der Waals surface area contributed by atoms with E-state index in [-0.39, 0.29) is 23.1 Å². The SMILES string of the molecule is CC(=O)NCCCSc1c(Cc2cccc3ccccc23)sc2c1c(=O)n(C)c(=O)n2CC(C)C. The first-order valence-electron chi connectivity index (χ1n) is 11.9. The van der Waals surface area contributed by atoms with Crippen LogP contribution in [0.2, 0.25) is 0 Å². The molecule has 2 heterocycles. The summed E-state index contributed by atoms with van der Waals surface area (Å²) in [7, 11) is 1.56. The Hall–Kier alpha value is -2.84. The van der Waals surface area contributed by atoms with Crippen molar-refractivity contribution >= 4 is 50.0 Å². The number of aromatic nitrogens is 2. The van der Waals surface area contributed by atoms with Gasteiger partial charge in [0.25, 0.3) is 5.56 Å². The van der Waals surface area contributed by atoms with Crippen molar-refractivity contribution in [3.05, 3.63) is 73.7 Å². The molecule has 0 atom stereocenters. The van der Waals surface area contributed by atoms with Crippen molar-refractivity contribution in [1.82, 2.24) is 14.5 Å². The molecule has 8 heteroatoms. The minimum Gasteiger partial charge on any atom is -0.356 e. The van der Waals surface area contributed by atoms with E-state index >= 15 is 0 Å². The first kappa shape index (κ1) is 25.3. The van der Waals surface area contributed by atoms with Gasteiger partial charge in [-0.1, -0.05) is 56.3 Å². The maximum absolute atomic E-state index is 13.4. The number of thiophene rings is 1. The molecule has 2 aromatic carbocycles. The summed E-state index contributed by atoms with van der Waals surface area (Å²) in [5.74, 6) is 0.992. The Morgan fingerprint density at radius 3 is 2.60 bits per heavy atom. The molecule has 0 bridgehead atoms. The fourth-order valence-electron chi connectivity index (χ4n) is 4.28. The molecule has 0 radical (unpaired) electrons. The maximum Gasteiger partial charge on any atom is 0.331 e. The van der Waals surface area contributed by atoms with Crippen LogP contribution in [0.3, 0.4) is 0 Å². The molecular weight excluding hydrogens is 478 g/mol. The van der Waals surface area contributed by atoms with E-state index < -0.39 is 0 Å². The highest BCUT2D eigenvalue weighted by Crippen LogP contribution is 2.38. The van der Waals surface area contributed by atoms with Gasteiger partial charge in [0.2, 0.25) is 5.91 Å². The summed E-state index contributed by atoms with van der Waals surface area (Å²) in [5.41, 5.74) is 0.690. The standard InChI is InChI=1S/C27H31N3O3S2/c1-17(2)16-30-26-23(25(32)29(4)27(30)33)24(34-14-8-13-28-18(3)31)22(35-26)15-20-11-7-10-19-9-5-6-12-21(19)20/h5-7,9-12,17H,8,13-16H2,1-4H3,(H,28,31). The molecule has 4 rings (SSSR count). The third kappa shape index (κ3) is 5.38. The van der Waals surface area contributed by atoms with E-state index in [9.17, 15) is 14.4 Å². The second-order valence-electron chi connectivity index (χ2n) is 9.19. The molecule has 0 aliphatic heterocycles. The lowest BCUT2D eigenvalue weighted by Gasteiger charge is -2.12. The molecule has 4 aromatic rings. The van der Waals surface area contributed by atoms with Crippen molar-refractivity contribution in [3.8, 4) is 0 Å². The van der Waals surface area contributed by atoms with Crippen LogP contribution in [-0.2, 0) is 24.8 Å². The van der Waals surface area contributed by atoms with Crippen molar-refractivity contribution < 1.29 is 4.79 Å². The number of hydrogen-bond acceptors (Lipinski definition) is 5. The average Bonchev–Trinajstić information content (AvgIpc) is 3.18. The number of carbonyl (C=O) groups is 1. The van der Waals surface area contributed by atoms with Crippen molar-refractivity contribution in [1.29, 1.82) is 0 Å². The van der Waals surface area contributed by atoms with E-state index in [1.54, 1.807) is 34.7 Å². The van der Waals surface area contributed by atoms with Gasteiger partial charge in [0.1, 0.15) is 4.83 Å². The molecule has 1 amide bonds. The number of nitrogens with one attached hydrogen (secondary N) is 1. The molecule has 184 valence electrons. The smallest absolute Gasteiger partial charge is 0.331 e. The molecule has 0 saturated carbocycles. The van der Waals surface area contributed by atoms with Gasteiger partial charge in [-0.2, -0.15) is 0 Å². The topological polar surface area (TPSA) is 73.1 Å². The number of rotatable bonds is 9. The lowest BCUT2D eigenvalue weighted by molar-refractivity contribution is -0.118. The average molecular weight is 510 g/mol. The van der Waals surface area contributed by atoms with Crippen LogP contribution in [0.15, 0.2) is 56.9 Å². The zero-order valence-corrected chi connectivity index (χ0v) is 22.2. The van der Waals surface area contributed by atoms with E-state index in [1.807, 2.05) is 12.1 Å². The lowest BCUT2D eigenvalue weighted by Crippen LogP contribution is -2.38. The van der Waals surface area contributed by atoms with Gasteiger partial charge in [-0.25, -0.2) is 4.79 Å². The summed E-state index contributed by atoms with van der Waals surface area (Å²) in [6, 6.07) is 14.6. The van der Waals surface area contributed by atoms with E-state index in [0.29, 0.717) is 24.9 Å². The van der Waals surface area contributed by atoms with E-state index in [1.165, 1.54) is 27.8 Å². The second-order valence-corrected chi connectivity index (χ2v) is 11.4. The predicted octanol–water partition coefficient (Wildman–Crippen LogP) is 4.78. The third-order valence-electron chi connectivity index (χ3n) is 5.92. The number of amides is 1. The highest BCUT2D eigenvalue weighted by Gasteiger charge is 2.22. The Labute approximate surface area is 213 Å². The molecule has 0 aliphatic carbocycles. The Balaban J connectivity index is 1.84. The van der Waals surface area contributed by atoms with E-state index in [4.69, 9.17) is 0 Å². The highest BCUT2D eigenvalue weighted by atomic mass is 32.2. The van der Waals surface area contributed by atoms with Crippen molar-refractivity contribution in [3.63, 3.8) is 0 Å². The van der Waals surface area contributed by atoms with Crippen LogP contribution in [0.1, 0.15) is 37.6 Å². The van der Waals surface area contributed by atoms with Crippen LogP contribution in [-0.4, -0.2) is 27.3 Å². The molecule has 35 heavy (non-hydrogen) atoms. The van der Waals surface area contributed by atoms with E-state index in [2.05, 4.69) is 49.5 Å². The van der Waals surface area contributed by atoms with Crippen molar-refractivity contribution in [2.75, 3.05) is 12.3 Å². The Morgan fingerprint density at radius 1 is 1.11 bits per heavy atom. The molecule has 0 aliphatic rings. The molecule has 2 aromatic heterocycles. The first-order chi connectivity index (χ1) is 16.8. The van der Waals surface area contributed by atoms with Gasteiger partial charge in [-0.3, -0.25) is 18.7 Å². The molecule has 0 saturated heterocycles. The minimum atomic E-state index is -0.267. The minimum absolute atomic E-state index is 0.0424. The summed E-state index contributed by atoms with van der Waals surface area (Å²) in [4.78, 5) is 40.4.